The van der Waals surface area contributed by atoms with Crippen molar-refractivity contribution < 1.29 is 0 Å². The molecule has 122 valence electrons. The Labute approximate surface area is 141 Å². The van der Waals surface area contributed by atoms with Gasteiger partial charge in [-0.25, -0.2) is 0 Å². The highest BCUT2D eigenvalue weighted by molar-refractivity contribution is 6.31. The van der Waals surface area contributed by atoms with Gasteiger partial charge in [-0.3, -0.25) is 0 Å². The Morgan fingerprint density at radius 3 is 2.65 bits per heavy atom. The van der Waals surface area contributed by atoms with E-state index in [9.17, 15) is 0 Å². The summed E-state index contributed by atoms with van der Waals surface area (Å²) >= 11 is 6.16. The van der Waals surface area contributed by atoms with Gasteiger partial charge in [-0.2, -0.15) is 10.1 Å². The van der Waals surface area contributed by atoms with Crippen molar-refractivity contribution in [2.24, 2.45) is 0 Å². The van der Waals surface area contributed by atoms with Gasteiger partial charge < -0.3 is 10.6 Å². The first kappa shape index (κ1) is 16.0. The van der Waals surface area contributed by atoms with Gasteiger partial charge in [0.05, 0.1) is 6.20 Å². The molecule has 0 radical (unpaired) electrons. The number of benzene rings is 1. The first-order valence-electron chi connectivity index (χ1n) is 8.25. The highest BCUT2D eigenvalue weighted by Gasteiger charge is 2.13. The third-order valence-electron chi connectivity index (χ3n) is 4.16. The van der Waals surface area contributed by atoms with Crippen LogP contribution in [0.3, 0.4) is 0 Å². The van der Waals surface area contributed by atoms with Crippen molar-refractivity contribution in [3.05, 3.63) is 41.0 Å². The molecule has 0 spiro atoms. The van der Waals surface area contributed by atoms with Crippen molar-refractivity contribution in [3.8, 4) is 0 Å². The van der Waals surface area contributed by atoms with E-state index in [-0.39, 0.29) is 0 Å². The number of nitrogens with one attached hydrogen (secondary N) is 2. The van der Waals surface area contributed by atoms with Gasteiger partial charge in [0.15, 0.2) is 5.82 Å². The fraction of sp³-hybridized carbons (Fsp3) is 0.471. The van der Waals surface area contributed by atoms with Gasteiger partial charge in [-0.05, 0) is 24.5 Å². The lowest BCUT2D eigenvalue weighted by Crippen LogP contribution is -2.19. The van der Waals surface area contributed by atoms with Gasteiger partial charge in [-0.15, -0.1) is 5.10 Å². The molecule has 5 nitrogen and oxygen atoms in total. The fourth-order valence-corrected chi connectivity index (χ4v) is 3.10. The summed E-state index contributed by atoms with van der Waals surface area (Å²) in [6.07, 6.45) is 9.33. The lowest BCUT2D eigenvalue weighted by molar-refractivity contribution is 0.616. The third kappa shape index (κ3) is 4.79. The summed E-state index contributed by atoms with van der Waals surface area (Å²) in [6, 6.07) is 8.23. The summed E-state index contributed by atoms with van der Waals surface area (Å²) < 4.78 is 0. The zero-order valence-corrected chi connectivity index (χ0v) is 13.9. The molecule has 0 unspecified atom stereocenters. The van der Waals surface area contributed by atoms with E-state index in [1.807, 2.05) is 24.3 Å². The topological polar surface area (TPSA) is 62.7 Å². The Morgan fingerprint density at radius 2 is 1.87 bits per heavy atom. The Morgan fingerprint density at radius 1 is 1.09 bits per heavy atom. The molecule has 1 fully saturated rings. The van der Waals surface area contributed by atoms with E-state index < -0.39 is 0 Å². The normalized spacial score (nSPS) is 15.9. The molecule has 0 aliphatic heterocycles. The van der Waals surface area contributed by atoms with Crippen LogP contribution in [-0.2, 0) is 6.54 Å². The summed E-state index contributed by atoms with van der Waals surface area (Å²) in [4.78, 5) is 4.50. The standard InChI is InChI=1S/C17H22ClN5/c18-15-10-6-5-7-13(15)11-19-17-22-16(12-20-23-17)21-14-8-3-1-2-4-9-14/h5-7,10,12,14H,1-4,8-9,11H2,(H2,19,21,22,23). The Balaban J connectivity index is 1.59. The summed E-state index contributed by atoms with van der Waals surface area (Å²) in [5, 5.41) is 15.5. The maximum Gasteiger partial charge on any atom is 0.244 e. The van der Waals surface area contributed by atoms with Gasteiger partial charge in [0.1, 0.15) is 0 Å². The van der Waals surface area contributed by atoms with Gasteiger partial charge in [0.25, 0.3) is 0 Å². The molecule has 23 heavy (non-hydrogen) atoms. The molecule has 0 bridgehead atoms. The first-order valence-corrected chi connectivity index (χ1v) is 8.62. The van der Waals surface area contributed by atoms with Crippen LogP contribution in [-0.4, -0.2) is 21.2 Å². The zero-order valence-electron chi connectivity index (χ0n) is 13.1. The van der Waals surface area contributed by atoms with Crippen LogP contribution in [0, 0.1) is 0 Å². The molecule has 1 saturated carbocycles. The maximum absolute atomic E-state index is 6.16. The van der Waals surface area contributed by atoms with Crippen LogP contribution in [0.2, 0.25) is 5.02 Å². The van der Waals surface area contributed by atoms with Crippen molar-refractivity contribution in [2.75, 3.05) is 10.6 Å². The molecule has 1 aromatic heterocycles. The summed E-state index contributed by atoms with van der Waals surface area (Å²) in [7, 11) is 0. The zero-order chi connectivity index (χ0) is 15.9. The minimum atomic E-state index is 0.491. The monoisotopic (exact) mass is 331 g/mol. The Hall–Kier alpha value is -1.88. The van der Waals surface area contributed by atoms with Gasteiger partial charge in [0.2, 0.25) is 5.95 Å². The van der Waals surface area contributed by atoms with E-state index in [0.717, 1.165) is 16.4 Å². The second kappa shape index (κ2) is 8.11. The van der Waals surface area contributed by atoms with Crippen LogP contribution >= 0.6 is 11.6 Å². The van der Waals surface area contributed by atoms with Gasteiger partial charge >= 0.3 is 0 Å². The number of halogens is 1. The molecule has 1 aliphatic rings. The Kier molecular flexibility index (Phi) is 5.64. The smallest absolute Gasteiger partial charge is 0.244 e. The minimum absolute atomic E-state index is 0.491. The van der Waals surface area contributed by atoms with Crippen LogP contribution < -0.4 is 10.6 Å². The van der Waals surface area contributed by atoms with Crippen LogP contribution in [0.25, 0.3) is 0 Å². The summed E-state index contributed by atoms with van der Waals surface area (Å²) in [6.45, 7) is 0.578. The van der Waals surface area contributed by atoms with Crippen molar-refractivity contribution in [3.63, 3.8) is 0 Å². The number of anilines is 2. The second-order valence-corrected chi connectivity index (χ2v) is 6.35. The van der Waals surface area contributed by atoms with Crippen molar-refractivity contribution in [1.29, 1.82) is 0 Å². The molecule has 1 aromatic carbocycles. The van der Waals surface area contributed by atoms with E-state index >= 15 is 0 Å². The van der Waals surface area contributed by atoms with Crippen molar-refractivity contribution in [1.82, 2.24) is 15.2 Å². The van der Waals surface area contributed by atoms with E-state index in [1.54, 1.807) is 6.20 Å². The first-order chi connectivity index (χ1) is 11.3. The maximum atomic E-state index is 6.16. The van der Waals surface area contributed by atoms with Gasteiger partial charge in [0, 0.05) is 17.6 Å². The molecule has 1 aliphatic carbocycles. The van der Waals surface area contributed by atoms with Crippen molar-refractivity contribution >= 4 is 23.4 Å². The SMILES string of the molecule is Clc1ccccc1CNc1nncc(NC2CCCCCC2)n1. The largest absolute Gasteiger partial charge is 0.366 e. The number of rotatable bonds is 5. The highest BCUT2D eigenvalue weighted by atomic mass is 35.5. The lowest BCUT2D eigenvalue weighted by atomic mass is 10.1. The van der Waals surface area contributed by atoms with E-state index in [1.165, 1.54) is 38.5 Å². The second-order valence-electron chi connectivity index (χ2n) is 5.94. The number of hydrogen-bond donors (Lipinski definition) is 2. The molecule has 6 heteroatoms. The quantitative estimate of drug-likeness (QED) is 0.801. The lowest BCUT2D eigenvalue weighted by Gasteiger charge is -2.16. The van der Waals surface area contributed by atoms with E-state index in [0.29, 0.717) is 18.5 Å². The van der Waals surface area contributed by atoms with Crippen LogP contribution in [0.15, 0.2) is 30.5 Å². The number of nitrogens with zero attached hydrogens (tertiary/aromatic N) is 3. The highest BCUT2D eigenvalue weighted by Crippen LogP contribution is 2.20. The molecule has 0 atom stereocenters. The fourth-order valence-electron chi connectivity index (χ4n) is 2.90. The third-order valence-corrected chi connectivity index (χ3v) is 4.53. The predicted molar refractivity (Wildman–Crippen MR) is 93.7 cm³/mol. The Bertz CT molecular complexity index is 626. The molecule has 1 heterocycles. The number of hydrogen-bond acceptors (Lipinski definition) is 5. The summed E-state index contributed by atoms with van der Waals surface area (Å²) in [5.74, 6) is 1.30. The van der Waals surface area contributed by atoms with E-state index in [4.69, 9.17) is 11.6 Å². The van der Waals surface area contributed by atoms with Crippen LogP contribution in [0.1, 0.15) is 44.1 Å². The average Bonchev–Trinajstić information content (AvgIpc) is 2.83. The molecule has 2 N–H and O–H groups in total. The average molecular weight is 332 g/mol. The van der Waals surface area contributed by atoms with Crippen LogP contribution in [0.4, 0.5) is 11.8 Å². The van der Waals surface area contributed by atoms with Crippen LogP contribution in [0.5, 0.6) is 0 Å². The van der Waals surface area contributed by atoms with Gasteiger partial charge in [-0.1, -0.05) is 55.5 Å². The molecule has 0 saturated heterocycles. The molecule has 2 aromatic rings. The molecular formula is C17H22ClN5. The van der Waals surface area contributed by atoms with E-state index in [2.05, 4.69) is 25.8 Å². The number of aromatic nitrogens is 3. The molecule has 3 rings (SSSR count). The molecule has 0 amide bonds. The predicted octanol–water partition coefficient (Wildman–Crippen LogP) is 4.27. The summed E-state index contributed by atoms with van der Waals surface area (Å²) in [5.41, 5.74) is 1.01. The van der Waals surface area contributed by atoms with Crippen molar-refractivity contribution in [2.45, 2.75) is 51.1 Å². The minimum Gasteiger partial charge on any atom is -0.366 e. The molecular weight excluding hydrogens is 310 g/mol.